The third-order valence-electron chi connectivity index (χ3n) is 3.59. The van der Waals surface area contributed by atoms with Crippen LogP contribution in [0.25, 0.3) is 0 Å². The van der Waals surface area contributed by atoms with Crippen molar-refractivity contribution < 1.29 is 13.0 Å². The van der Waals surface area contributed by atoms with E-state index in [4.69, 9.17) is 13.0 Å². The van der Waals surface area contributed by atoms with E-state index in [-0.39, 0.29) is 0 Å². The maximum absolute atomic E-state index is 6.37. The highest BCUT2D eigenvalue weighted by molar-refractivity contribution is 6.78. The van der Waals surface area contributed by atoms with Crippen LogP contribution in [0.2, 0.25) is 26.2 Å². The van der Waals surface area contributed by atoms with Gasteiger partial charge in [0.1, 0.15) is 0 Å². The largest absolute Gasteiger partial charge is 0.415 e. The van der Waals surface area contributed by atoms with Crippen molar-refractivity contribution in [1.29, 1.82) is 0 Å². The highest BCUT2D eigenvalue weighted by Gasteiger charge is 2.37. The summed E-state index contributed by atoms with van der Waals surface area (Å²) in [6.07, 6.45) is 8.48. The second-order valence-electron chi connectivity index (χ2n) is 6.84. The van der Waals surface area contributed by atoms with E-state index in [1.807, 2.05) is 18.3 Å². The summed E-state index contributed by atoms with van der Waals surface area (Å²) in [7, 11) is -4.41. The lowest BCUT2D eigenvalue weighted by atomic mass is 10.1. The summed E-state index contributed by atoms with van der Waals surface area (Å²) in [4.78, 5) is 4.12. The van der Waals surface area contributed by atoms with E-state index in [9.17, 15) is 0 Å². The normalized spacial score (nSPS) is 14.0. The number of rotatable bonds is 11. The summed E-state index contributed by atoms with van der Waals surface area (Å²) in [5.74, 6) is 0. The maximum Gasteiger partial charge on any atom is 0.323 e. The number of hydrogen-bond donors (Lipinski definition) is 0. The topological polar surface area (TPSA) is 40.6 Å². The molecule has 0 amide bonds. The smallest absolute Gasteiger partial charge is 0.323 e. The van der Waals surface area contributed by atoms with Crippen LogP contribution in [0.3, 0.4) is 0 Å². The molecule has 23 heavy (non-hydrogen) atoms. The van der Waals surface area contributed by atoms with E-state index < -0.39 is 17.1 Å². The Labute approximate surface area is 144 Å². The van der Waals surface area contributed by atoms with Crippen LogP contribution in [0.1, 0.15) is 45.1 Å². The average Bonchev–Trinajstić information content (AvgIpc) is 2.49. The highest BCUT2D eigenvalue weighted by Crippen LogP contribution is 2.22. The Morgan fingerprint density at radius 3 is 2.43 bits per heavy atom. The second-order valence-corrected chi connectivity index (χ2v) is 13.8. The van der Waals surface area contributed by atoms with Crippen LogP contribution in [0.4, 0.5) is 0 Å². The van der Waals surface area contributed by atoms with E-state index in [1.165, 1.54) is 12.8 Å². The molecule has 0 aliphatic carbocycles. The molecule has 132 valence electrons. The molecule has 0 fully saturated rings. The fourth-order valence-electron chi connectivity index (χ4n) is 2.57. The Morgan fingerprint density at radius 1 is 1.13 bits per heavy atom. The minimum Gasteiger partial charge on any atom is -0.415 e. The van der Waals surface area contributed by atoms with E-state index >= 15 is 0 Å². The third kappa shape index (κ3) is 8.76. The monoisotopic (exact) mass is 355 g/mol. The molecule has 1 rings (SSSR count). The van der Waals surface area contributed by atoms with Gasteiger partial charge in [-0.15, -0.1) is 0 Å². The molecule has 0 spiro atoms. The summed E-state index contributed by atoms with van der Waals surface area (Å²) in [6.45, 7) is 13.4. The van der Waals surface area contributed by atoms with Gasteiger partial charge >= 0.3 is 17.1 Å². The first-order valence-electron chi connectivity index (χ1n) is 8.69. The fraction of sp³-hybridized carbons (Fsp3) is 0.706. The summed E-state index contributed by atoms with van der Waals surface area (Å²) < 4.78 is 18.8. The first-order chi connectivity index (χ1) is 10.8. The molecule has 4 nitrogen and oxygen atoms in total. The molecule has 6 heteroatoms. The van der Waals surface area contributed by atoms with Gasteiger partial charge in [0.2, 0.25) is 0 Å². The van der Waals surface area contributed by atoms with Crippen LogP contribution in [-0.2, 0) is 19.6 Å². The third-order valence-corrected chi connectivity index (χ3v) is 9.26. The first-order valence-corrected chi connectivity index (χ1v) is 14.3. The van der Waals surface area contributed by atoms with E-state index in [0.29, 0.717) is 12.7 Å². The number of aromatic nitrogens is 1. The van der Waals surface area contributed by atoms with Crippen molar-refractivity contribution in [3.05, 3.63) is 30.1 Å². The molecular weight excluding hydrogens is 322 g/mol. The standard InChI is InChI=1S/C17H33NO3Si2/c1-7-9-12-17(8-2)20-23(5,6)21-22(3,4)19-15-16-11-10-13-18-14-16/h10-11,13-14,17H,7-9,12,15H2,1-6H3. The predicted molar refractivity (Wildman–Crippen MR) is 99.8 cm³/mol. The van der Waals surface area contributed by atoms with Gasteiger partial charge in [-0.25, -0.2) is 0 Å². The van der Waals surface area contributed by atoms with Gasteiger partial charge in [-0.2, -0.15) is 0 Å². The Kier molecular flexibility index (Phi) is 8.64. The minimum atomic E-state index is -2.22. The molecule has 0 saturated heterocycles. The van der Waals surface area contributed by atoms with Gasteiger partial charge in [-0.05, 0) is 50.7 Å². The average molecular weight is 356 g/mol. The molecule has 1 atom stereocenters. The number of unbranched alkanes of at least 4 members (excludes halogenated alkanes) is 1. The number of hydrogen-bond acceptors (Lipinski definition) is 4. The lowest BCUT2D eigenvalue weighted by Gasteiger charge is -2.35. The summed E-state index contributed by atoms with van der Waals surface area (Å²) >= 11 is 0. The van der Waals surface area contributed by atoms with Crippen molar-refractivity contribution in [2.45, 2.75) is 78.4 Å². The van der Waals surface area contributed by atoms with Crippen LogP contribution in [-0.4, -0.2) is 28.2 Å². The van der Waals surface area contributed by atoms with Crippen molar-refractivity contribution in [3.8, 4) is 0 Å². The zero-order chi connectivity index (χ0) is 17.3. The first kappa shape index (κ1) is 20.5. The Bertz CT molecular complexity index is 441. The molecule has 0 saturated carbocycles. The highest BCUT2D eigenvalue weighted by atomic mass is 28.5. The maximum atomic E-state index is 6.37. The predicted octanol–water partition coefficient (Wildman–Crippen LogP) is 5.00. The lowest BCUT2D eigenvalue weighted by Crippen LogP contribution is -2.49. The molecular formula is C17H33NO3Si2. The molecule has 0 aliphatic heterocycles. The Hall–Kier alpha value is -0.536. The van der Waals surface area contributed by atoms with Crippen LogP contribution in [0.15, 0.2) is 24.5 Å². The molecule has 1 aromatic heterocycles. The quantitative estimate of drug-likeness (QED) is 0.524. The summed E-state index contributed by atoms with van der Waals surface area (Å²) in [6, 6.07) is 3.95. The molecule has 1 aromatic rings. The van der Waals surface area contributed by atoms with E-state index in [1.54, 1.807) is 6.20 Å². The van der Waals surface area contributed by atoms with Gasteiger partial charge in [-0.3, -0.25) is 4.98 Å². The van der Waals surface area contributed by atoms with Crippen LogP contribution in [0.5, 0.6) is 0 Å². The van der Waals surface area contributed by atoms with Crippen molar-refractivity contribution in [2.24, 2.45) is 0 Å². The molecule has 1 heterocycles. The van der Waals surface area contributed by atoms with Gasteiger partial charge < -0.3 is 13.0 Å². The van der Waals surface area contributed by atoms with Gasteiger partial charge in [0.15, 0.2) is 0 Å². The van der Waals surface area contributed by atoms with Crippen molar-refractivity contribution >= 4 is 17.1 Å². The molecule has 0 N–H and O–H groups in total. The number of pyridine rings is 1. The van der Waals surface area contributed by atoms with Gasteiger partial charge in [-0.1, -0.05) is 32.8 Å². The van der Waals surface area contributed by atoms with Crippen LogP contribution >= 0.6 is 0 Å². The van der Waals surface area contributed by atoms with Crippen LogP contribution < -0.4 is 0 Å². The molecule has 0 bridgehead atoms. The van der Waals surface area contributed by atoms with Gasteiger partial charge in [0, 0.05) is 18.5 Å². The SMILES string of the molecule is CCCCC(CC)O[Si](C)(C)O[Si](C)(C)OCc1cccnc1. The van der Waals surface area contributed by atoms with Crippen molar-refractivity contribution in [2.75, 3.05) is 0 Å². The molecule has 0 radical (unpaired) electrons. The van der Waals surface area contributed by atoms with Gasteiger partial charge in [0.05, 0.1) is 6.61 Å². The minimum absolute atomic E-state index is 0.305. The van der Waals surface area contributed by atoms with Crippen molar-refractivity contribution in [1.82, 2.24) is 4.98 Å². The lowest BCUT2D eigenvalue weighted by molar-refractivity contribution is 0.126. The van der Waals surface area contributed by atoms with E-state index in [2.05, 4.69) is 45.0 Å². The zero-order valence-corrected chi connectivity index (χ0v) is 17.6. The molecule has 1 unspecified atom stereocenters. The molecule has 0 aromatic carbocycles. The zero-order valence-electron chi connectivity index (χ0n) is 15.6. The fourth-order valence-corrected chi connectivity index (χ4v) is 9.33. The number of nitrogens with zero attached hydrogens (tertiary/aromatic N) is 1. The summed E-state index contributed by atoms with van der Waals surface area (Å²) in [5, 5.41) is 0. The van der Waals surface area contributed by atoms with Crippen LogP contribution in [0, 0.1) is 0 Å². The molecule has 0 aliphatic rings. The van der Waals surface area contributed by atoms with Crippen molar-refractivity contribution in [3.63, 3.8) is 0 Å². The Morgan fingerprint density at radius 2 is 1.87 bits per heavy atom. The second kappa shape index (κ2) is 9.69. The summed E-state index contributed by atoms with van der Waals surface area (Å²) in [5.41, 5.74) is 1.08. The van der Waals surface area contributed by atoms with E-state index in [0.717, 1.165) is 18.4 Å². The Balaban J connectivity index is 2.52. The van der Waals surface area contributed by atoms with Gasteiger partial charge in [0.25, 0.3) is 0 Å².